The molecule has 0 aromatic carbocycles. The molecule has 0 saturated carbocycles. The Morgan fingerprint density at radius 1 is 0.800 bits per heavy atom. The second-order valence-corrected chi connectivity index (χ2v) is 3.12. The second-order valence-electron chi connectivity index (χ2n) is 3.12. The van der Waals surface area contributed by atoms with Gasteiger partial charge in [0.2, 0.25) is 0 Å². The van der Waals surface area contributed by atoms with Crippen molar-refractivity contribution in [2.24, 2.45) is 0 Å². The number of rotatable bonds is 0. The minimum absolute atomic E-state index is 1.23. The van der Waals surface area contributed by atoms with Gasteiger partial charge in [-0.3, -0.25) is 0 Å². The Morgan fingerprint density at radius 2 is 1.20 bits per heavy atom. The van der Waals surface area contributed by atoms with Gasteiger partial charge in [0.25, 0.3) is 0 Å². The Kier molecular flexibility index (Phi) is 1.10. The van der Waals surface area contributed by atoms with E-state index in [-0.39, 0.29) is 0 Å². The third kappa shape index (κ3) is 0.566. The van der Waals surface area contributed by atoms with Crippen LogP contribution >= 0.6 is 0 Å². The molecule has 0 nitrogen and oxygen atoms in total. The van der Waals surface area contributed by atoms with Crippen LogP contribution in [0.5, 0.6) is 0 Å². The lowest BCUT2D eigenvalue weighted by molar-refractivity contribution is 0.665. The van der Waals surface area contributed by atoms with Crippen molar-refractivity contribution in [1.29, 1.82) is 0 Å². The molecule has 0 aromatic rings. The molecule has 0 aromatic heterocycles. The van der Waals surface area contributed by atoms with Gasteiger partial charge in [0.05, 0.1) is 0 Å². The number of allylic oxidation sites excluding steroid dienone is 4. The minimum Gasteiger partial charge on any atom is -0.0909 e. The van der Waals surface area contributed by atoms with Gasteiger partial charge in [0.15, 0.2) is 0 Å². The fraction of sp³-hybridized carbons (Fsp3) is 0.400. The summed E-state index contributed by atoms with van der Waals surface area (Å²) < 4.78 is 0. The quantitative estimate of drug-likeness (QED) is 0.475. The molecule has 0 N–H and O–H groups in total. The molecule has 0 bridgehead atoms. The molecular weight excluding hydrogens is 120 g/mol. The van der Waals surface area contributed by atoms with E-state index in [1.807, 2.05) is 0 Å². The minimum atomic E-state index is 1.23. The maximum Gasteiger partial charge on any atom is -0.0224 e. The highest BCUT2D eigenvalue weighted by molar-refractivity contribution is 5.67. The van der Waals surface area contributed by atoms with Crippen LogP contribution in [0.15, 0.2) is 35.5 Å². The van der Waals surface area contributed by atoms with Gasteiger partial charge in [-0.25, -0.2) is 0 Å². The summed E-state index contributed by atoms with van der Waals surface area (Å²) in [4.78, 5) is 0. The lowest BCUT2D eigenvalue weighted by Crippen LogP contribution is -2.14. The average molecular weight is 132 g/mol. The molecule has 0 unspecified atom stereocenters. The lowest BCUT2D eigenvalue weighted by Gasteiger charge is -2.33. The zero-order valence-corrected chi connectivity index (χ0v) is 6.24. The molecule has 52 valence electrons. The molecule has 2 aliphatic carbocycles. The fourth-order valence-electron chi connectivity index (χ4n) is 1.87. The highest BCUT2D eigenvalue weighted by Crippen LogP contribution is 2.45. The van der Waals surface area contributed by atoms with E-state index in [1.54, 1.807) is 0 Å². The van der Waals surface area contributed by atoms with Crippen molar-refractivity contribution in [2.45, 2.75) is 25.7 Å². The van der Waals surface area contributed by atoms with Crippen LogP contribution < -0.4 is 0 Å². The predicted molar refractivity (Wildman–Crippen MR) is 43.8 cm³/mol. The zero-order valence-electron chi connectivity index (χ0n) is 6.24. The van der Waals surface area contributed by atoms with Crippen LogP contribution in [0.2, 0.25) is 0 Å². The van der Waals surface area contributed by atoms with Gasteiger partial charge in [-0.1, -0.05) is 13.2 Å². The summed E-state index contributed by atoms with van der Waals surface area (Å²) in [5, 5.41) is 0. The zero-order chi connectivity index (χ0) is 7.14. The normalized spacial score (nSPS) is 24.4. The third-order valence-electron chi connectivity index (χ3n) is 2.56. The Labute approximate surface area is 61.9 Å². The van der Waals surface area contributed by atoms with Crippen LogP contribution in [-0.2, 0) is 0 Å². The van der Waals surface area contributed by atoms with Crippen molar-refractivity contribution >= 4 is 0 Å². The first-order valence-electron chi connectivity index (χ1n) is 3.91. The van der Waals surface area contributed by atoms with E-state index >= 15 is 0 Å². The standard InChI is InChI=1S/C10H12/c1-7-8(2)10-6-4-3-5-9(7)10/h1-6H2. The van der Waals surface area contributed by atoms with Crippen molar-refractivity contribution < 1.29 is 0 Å². The molecule has 0 amide bonds. The second kappa shape index (κ2) is 1.85. The first-order valence-corrected chi connectivity index (χ1v) is 3.91. The van der Waals surface area contributed by atoms with Gasteiger partial charge in [-0.05, 0) is 48.0 Å². The summed E-state index contributed by atoms with van der Waals surface area (Å²) in [5.41, 5.74) is 5.51. The Bertz CT molecular complexity index is 215. The highest BCUT2D eigenvalue weighted by Gasteiger charge is 2.27. The summed E-state index contributed by atoms with van der Waals surface area (Å²) >= 11 is 0. The molecule has 2 rings (SSSR count). The molecule has 0 aliphatic heterocycles. The van der Waals surface area contributed by atoms with E-state index in [9.17, 15) is 0 Å². The molecule has 0 heteroatoms. The highest BCUT2D eigenvalue weighted by atomic mass is 14.3. The fourth-order valence-corrected chi connectivity index (χ4v) is 1.87. The molecule has 0 fully saturated rings. The van der Waals surface area contributed by atoms with Crippen LogP contribution in [0.4, 0.5) is 0 Å². The van der Waals surface area contributed by atoms with Gasteiger partial charge < -0.3 is 0 Å². The van der Waals surface area contributed by atoms with Crippen LogP contribution in [0, 0.1) is 0 Å². The van der Waals surface area contributed by atoms with Crippen LogP contribution in [-0.4, -0.2) is 0 Å². The van der Waals surface area contributed by atoms with Crippen molar-refractivity contribution in [1.82, 2.24) is 0 Å². The maximum atomic E-state index is 3.97. The van der Waals surface area contributed by atoms with Crippen molar-refractivity contribution in [2.75, 3.05) is 0 Å². The van der Waals surface area contributed by atoms with Crippen molar-refractivity contribution in [3.8, 4) is 0 Å². The summed E-state index contributed by atoms with van der Waals surface area (Å²) in [6.45, 7) is 7.94. The van der Waals surface area contributed by atoms with Crippen LogP contribution in [0.25, 0.3) is 0 Å². The summed E-state index contributed by atoms with van der Waals surface area (Å²) in [5.74, 6) is 0. The third-order valence-corrected chi connectivity index (χ3v) is 2.56. The molecule has 0 radical (unpaired) electrons. The Hall–Kier alpha value is -0.780. The molecule has 10 heavy (non-hydrogen) atoms. The summed E-state index contributed by atoms with van der Waals surface area (Å²) in [7, 11) is 0. The van der Waals surface area contributed by atoms with E-state index in [1.165, 1.54) is 48.0 Å². The Morgan fingerprint density at radius 3 is 1.60 bits per heavy atom. The van der Waals surface area contributed by atoms with Crippen LogP contribution in [0.1, 0.15) is 25.7 Å². The van der Waals surface area contributed by atoms with Gasteiger partial charge in [-0.15, -0.1) is 0 Å². The van der Waals surface area contributed by atoms with E-state index in [2.05, 4.69) is 13.2 Å². The lowest BCUT2D eigenvalue weighted by atomic mass is 9.72. The van der Waals surface area contributed by atoms with E-state index in [0.717, 1.165) is 0 Å². The average Bonchev–Trinajstić information content (AvgIpc) is 2.03. The first kappa shape index (κ1) is 5.96. The van der Waals surface area contributed by atoms with Crippen LogP contribution in [0.3, 0.4) is 0 Å². The molecule has 2 aliphatic rings. The molecule has 0 spiro atoms. The topological polar surface area (TPSA) is 0 Å². The van der Waals surface area contributed by atoms with Gasteiger partial charge in [0, 0.05) is 0 Å². The monoisotopic (exact) mass is 132 g/mol. The molecule has 0 saturated heterocycles. The van der Waals surface area contributed by atoms with Gasteiger partial charge in [-0.2, -0.15) is 0 Å². The van der Waals surface area contributed by atoms with Gasteiger partial charge >= 0.3 is 0 Å². The molecular formula is C10H12. The summed E-state index contributed by atoms with van der Waals surface area (Å²) in [6, 6.07) is 0. The summed E-state index contributed by atoms with van der Waals surface area (Å²) in [6.07, 6.45) is 5.22. The SMILES string of the molecule is C=C1C(=C)C2=C1CCCC2. The molecule has 0 heterocycles. The smallest absolute Gasteiger partial charge is 0.0224 e. The van der Waals surface area contributed by atoms with E-state index < -0.39 is 0 Å². The van der Waals surface area contributed by atoms with E-state index in [4.69, 9.17) is 0 Å². The predicted octanol–water partition coefficient (Wildman–Crippen LogP) is 2.98. The number of hydrogen-bond donors (Lipinski definition) is 0. The maximum absolute atomic E-state index is 3.97. The Balaban J connectivity index is 2.38. The first-order chi connectivity index (χ1) is 4.80. The van der Waals surface area contributed by atoms with Gasteiger partial charge in [0.1, 0.15) is 0 Å². The largest absolute Gasteiger partial charge is 0.0909 e. The van der Waals surface area contributed by atoms with Crippen molar-refractivity contribution in [3.63, 3.8) is 0 Å². The van der Waals surface area contributed by atoms with E-state index in [0.29, 0.717) is 0 Å². The number of hydrogen-bond acceptors (Lipinski definition) is 0. The molecule has 0 atom stereocenters. The van der Waals surface area contributed by atoms with Crippen molar-refractivity contribution in [3.05, 3.63) is 35.5 Å².